The summed E-state index contributed by atoms with van der Waals surface area (Å²) < 4.78 is 35.0. The van der Waals surface area contributed by atoms with Gasteiger partial charge in [0.15, 0.2) is 0 Å². The van der Waals surface area contributed by atoms with E-state index in [1.807, 2.05) is 12.1 Å². The van der Waals surface area contributed by atoms with Crippen LogP contribution in [0.2, 0.25) is 0 Å². The zero-order chi connectivity index (χ0) is 16.9. The largest absolute Gasteiger partial charge is 0.496 e. The number of benzene rings is 1. The molecule has 1 heterocycles. The Morgan fingerprint density at radius 3 is 2.65 bits per heavy atom. The minimum Gasteiger partial charge on any atom is -0.496 e. The highest BCUT2D eigenvalue weighted by molar-refractivity contribution is 7.89. The van der Waals surface area contributed by atoms with E-state index >= 15 is 0 Å². The lowest BCUT2D eigenvalue weighted by Crippen LogP contribution is -2.25. The number of methoxy groups -OCH3 is 1. The average molecular weight is 339 g/mol. The lowest BCUT2D eigenvalue weighted by Gasteiger charge is -2.12. The van der Waals surface area contributed by atoms with Crippen molar-refractivity contribution >= 4 is 10.0 Å². The predicted octanol–water partition coefficient (Wildman–Crippen LogP) is 2.75. The molecule has 0 bridgehead atoms. The monoisotopic (exact) mass is 339 g/mol. The summed E-state index contributed by atoms with van der Waals surface area (Å²) in [5, 5.41) is 0. The van der Waals surface area contributed by atoms with Crippen molar-refractivity contribution in [1.29, 1.82) is 0 Å². The standard InChI is InChI=1S/C16H21NO5S/c1-12-11-16(13(2)10-15(12)20-3)23(18,19)17-22-9-5-7-14-6-4-8-21-14/h4,6,8,10-11,17H,5,7,9H2,1-3H3. The minimum atomic E-state index is -3.72. The van der Waals surface area contributed by atoms with E-state index in [1.54, 1.807) is 39.4 Å². The maximum Gasteiger partial charge on any atom is 0.262 e. The maximum atomic E-state index is 12.3. The first kappa shape index (κ1) is 17.5. The van der Waals surface area contributed by atoms with Crippen LogP contribution in [0.4, 0.5) is 0 Å². The summed E-state index contributed by atoms with van der Waals surface area (Å²) in [6.45, 7) is 3.77. The van der Waals surface area contributed by atoms with Gasteiger partial charge in [-0.1, -0.05) is 4.89 Å². The quantitative estimate of drug-likeness (QED) is 0.591. The predicted molar refractivity (Wildman–Crippen MR) is 85.8 cm³/mol. The van der Waals surface area contributed by atoms with Gasteiger partial charge in [0, 0.05) is 6.42 Å². The highest BCUT2D eigenvalue weighted by Crippen LogP contribution is 2.25. The van der Waals surface area contributed by atoms with E-state index in [-0.39, 0.29) is 11.5 Å². The molecule has 0 saturated heterocycles. The number of rotatable bonds is 8. The summed E-state index contributed by atoms with van der Waals surface area (Å²) in [4.78, 5) is 7.44. The SMILES string of the molecule is COc1cc(C)c(S(=O)(=O)NOCCCc2ccco2)cc1C. The van der Waals surface area contributed by atoms with E-state index in [9.17, 15) is 8.42 Å². The maximum absolute atomic E-state index is 12.3. The Hall–Kier alpha value is -1.83. The van der Waals surface area contributed by atoms with Gasteiger partial charge >= 0.3 is 0 Å². The number of sulfonamides is 1. The fourth-order valence-electron chi connectivity index (χ4n) is 2.21. The molecule has 23 heavy (non-hydrogen) atoms. The van der Waals surface area contributed by atoms with Crippen molar-refractivity contribution < 1.29 is 22.4 Å². The van der Waals surface area contributed by atoms with Crippen LogP contribution in [0.1, 0.15) is 23.3 Å². The van der Waals surface area contributed by atoms with Crippen LogP contribution in [0.5, 0.6) is 5.75 Å². The van der Waals surface area contributed by atoms with Crippen LogP contribution in [0.3, 0.4) is 0 Å². The number of furan rings is 1. The Morgan fingerprint density at radius 2 is 2.00 bits per heavy atom. The van der Waals surface area contributed by atoms with E-state index in [4.69, 9.17) is 14.0 Å². The van der Waals surface area contributed by atoms with E-state index in [2.05, 4.69) is 4.89 Å². The molecule has 1 N–H and O–H groups in total. The van der Waals surface area contributed by atoms with Crippen LogP contribution in [0.15, 0.2) is 39.8 Å². The average Bonchev–Trinajstić information content (AvgIpc) is 3.02. The smallest absolute Gasteiger partial charge is 0.262 e. The van der Waals surface area contributed by atoms with Crippen molar-refractivity contribution in [3.8, 4) is 5.75 Å². The van der Waals surface area contributed by atoms with Crippen LogP contribution < -0.4 is 9.62 Å². The number of aryl methyl sites for hydroxylation is 3. The fourth-order valence-corrected chi connectivity index (χ4v) is 3.35. The fraction of sp³-hybridized carbons (Fsp3) is 0.375. The molecule has 0 aliphatic carbocycles. The molecule has 0 spiro atoms. The van der Waals surface area contributed by atoms with Gasteiger partial charge in [-0.15, -0.1) is 0 Å². The van der Waals surface area contributed by atoms with Gasteiger partial charge in [-0.05, 0) is 55.7 Å². The number of hydrogen-bond acceptors (Lipinski definition) is 5. The Balaban J connectivity index is 1.92. The molecule has 0 amide bonds. The topological polar surface area (TPSA) is 77.8 Å². The van der Waals surface area contributed by atoms with E-state index in [0.29, 0.717) is 24.2 Å². The first-order chi connectivity index (χ1) is 10.9. The van der Waals surface area contributed by atoms with E-state index in [1.165, 1.54) is 0 Å². The summed E-state index contributed by atoms with van der Waals surface area (Å²) in [5.74, 6) is 1.50. The lowest BCUT2D eigenvalue weighted by atomic mass is 10.1. The molecular formula is C16H21NO5S. The molecule has 126 valence electrons. The van der Waals surface area contributed by atoms with Gasteiger partial charge in [0.1, 0.15) is 11.5 Å². The van der Waals surface area contributed by atoms with Crippen LogP contribution in [0.25, 0.3) is 0 Å². The summed E-state index contributed by atoms with van der Waals surface area (Å²) >= 11 is 0. The Labute approximate surface area is 136 Å². The van der Waals surface area contributed by atoms with Crippen LogP contribution in [0, 0.1) is 13.8 Å². The molecule has 0 aliphatic heterocycles. The summed E-state index contributed by atoms with van der Waals surface area (Å²) in [6, 6.07) is 6.95. The van der Waals surface area contributed by atoms with Crippen molar-refractivity contribution in [2.24, 2.45) is 0 Å². The van der Waals surface area contributed by atoms with Crippen LogP contribution in [-0.2, 0) is 21.3 Å². The number of ether oxygens (including phenoxy) is 1. The number of nitrogens with one attached hydrogen (secondary N) is 1. The van der Waals surface area contributed by atoms with Crippen molar-refractivity contribution in [3.05, 3.63) is 47.4 Å². The van der Waals surface area contributed by atoms with E-state index in [0.717, 1.165) is 11.3 Å². The molecule has 0 atom stereocenters. The molecule has 2 rings (SSSR count). The number of hydrogen-bond donors (Lipinski definition) is 1. The molecule has 1 aromatic carbocycles. The highest BCUT2D eigenvalue weighted by Gasteiger charge is 2.19. The van der Waals surface area contributed by atoms with Gasteiger partial charge in [-0.3, -0.25) is 4.84 Å². The molecule has 0 saturated carbocycles. The summed E-state index contributed by atoms with van der Waals surface area (Å²) in [7, 11) is -2.17. The van der Waals surface area contributed by atoms with Gasteiger partial charge in [-0.25, -0.2) is 8.42 Å². The van der Waals surface area contributed by atoms with Crippen molar-refractivity contribution in [2.75, 3.05) is 13.7 Å². The first-order valence-electron chi connectivity index (χ1n) is 7.25. The zero-order valence-corrected chi connectivity index (χ0v) is 14.3. The highest BCUT2D eigenvalue weighted by atomic mass is 32.2. The second-order valence-electron chi connectivity index (χ2n) is 5.21. The normalized spacial score (nSPS) is 11.6. The lowest BCUT2D eigenvalue weighted by molar-refractivity contribution is 0.0905. The summed E-state index contributed by atoms with van der Waals surface area (Å²) in [5.41, 5.74) is 1.34. The van der Waals surface area contributed by atoms with Crippen molar-refractivity contribution in [3.63, 3.8) is 0 Å². The Morgan fingerprint density at radius 1 is 1.22 bits per heavy atom. The van der Waals surface area contributed by atoms with Gasteiger partial charge in [0.25, 0.3) is 10.0 Å². The third-order valence-corrected chi connectivity index (χ3v) is 4.76. The molecule has 0 aliphatic rings. The second kappa shape index (κ2) is 7.63. The van der Waals surface area contributed by atoms with Crippen molar-refractivity contribution in [2.45, 2.75) is 31.6 Å². The van der Waals surface area contributed by atoms with Gasteiger partial charge in [0.2, 0.25) is 0 Å². The molecule has 0 unspecified atom stereocenters. The molecule has 0 fully saturated rings. The Bertz CT molecular complexity index is 738. The first-order valence-corrected chi connectivity index (χ1v) is 8.73. The molecule has 7 heteroatoms. The Kier molecular flexibility index (Phi) is 5.81. The third kappa shape index (κ3) is 4.57. The van der Waals surface area contributed by atoms with Crippen LogP contribution in [-0.4, -0.2) is 22.1 Å². The molecule has 1 aromatic heterocycles. The van der Waals surface area contributed by atoms with E-state index < -0.39 is 10.0 Å². The van der Waals surface area contributed by atoms with Gasteiger partial charge in [0.05, 0.1) is 24.9 Å². The minimum absolute atomic E-state index is 0.182. The summed E-state index contributed by atoms with van der Waals surface area (Å²) in [6.07, 6.45) is 2.94. The molecular weight excluding hydrogens is 318 g/mol. The molecule has 0 radical (unpaired) electrons. The van der Waals surface area contributed by atoms with Gasteiger partial charge in [-0.2, -0.15) is 0 Å². The zero-order valence-electron chi connectivity index (χ0n) is 13.5. The van der Waals surface area contributed by atoms with Crippen molar-refractivity contribution in [1.82, 2.24) is 4.89 Å². The second-order valence-corrected chi connectivity index (χ2v) is 6.82. The molecule has 6 nitrogen and oxygen atoms in total. The van der Waals surface area contributed by atoms with Crippen LogP contribution >= 0.6 is 0 Å². The van der Waals surface area contributed by atoms with Gasteiger partial charge < -0.3 is 9.15 Å². The third-order valence-electron chi connectivity index (χ3n) is 3.40. The molecule has 2 aromatic rings.